The van der Waals surface area contributed by atoms with Gasteiger partial charge < -0.3 is 9.64 Å². The molecule has 0 saturated carbocycles. The Balaban J connectivity index is 2.47. The third-order valence-corrected chi connectivity index (χ3v) is 4.32. The molecular formula is C12H12F6N2O3S. The molecule has 0 aromatic heterocycles. The van der Waals surface area contributed by atoms with Crippen LogP contribution in [0.3, 0.4) is 0 Å². The molecule has 1 heterocycles. The highest BCUT2D eigenvalue weighted by Gasteiger charge is 2.46. The quantitative estimate of drug-likeness (QED) is 0.822. The predicted molar refractivity (Wildman–Crippen MR) is 73.1 cm³/mol. The summed E-state index contributed by atoms with van der Waals surface area (Å²) >= 11 is 0. The lowest BCUT2D eigenvalue weighted by molar-refractivity contribution is -0.137. The first-order valence-electron chi connectivity index (χ1n) is 6.55. The lowest BCUT2D eigenvalue weighted by Gasteiger charge is -2.31. The highest BCUT2D eigenvalue weighted by molar-refractivity contribution is 7.93. The molecule has 1 aromatic rings. The summed E-state index contributed by atoms with van der Waals surface area (Å²) in [5.74, 6) is 0. The van der Waals surface area contributed by atoms with Crippen LogP contribution in [0.1, 0.15) is 5.56 Å². The molecule has 136 valence electrons. The fraction of sp³-hybridized carbons (Fsp3) is 0.500. The van der Waals surface area contributed by atoms with Gasteiger partial charge in [0.05, 0.1) is 30.2 Å². The van der Waals surface area contributed by atoms with Crippen molar-refractivity contribution in [2.24, 2.45) is 0 Å². The van der Waals surface area contributed by atoms with E-state index in [9.17, 15) is 34.8 Å². The normalized spacial score (nSPS) is 17.0. The number of hydrogen-bond donors (Lipinski definition) is 1. The van der Waals surface area contributed by atoms with E-state index in [0.717, 1.165) is 6.07 Å². The molecule has 1 aliphatic heterocycles. The molecule has 24 heavy (non-hydrogen) atoms. The monoisotopic (exact) mass is 378 g/mol. The third-order valence-electron chi connectivity index (χ3n) is 3.22. The number of rotatable bonds is 3. The molecule has 12 heteroatoms. The Labute approximate surface area is 133 Å². The van der Waals surface area contributed by atoms with E-state index in [4.69, 9.17) is 4.74 Å². The van der Waals surface area contributed by atoms with E-state index < -0.39 is 33.0 Å². The summed E-state index contributed by atoms with van der Waals surface area (Å²) in [6.07, 6.45) is -4.83. The first-order chi connectivity index (χ1) is 10.9. The van der Waals surface area contributed by atoms with Crippen LogP contribution in [0, 0.1) is 0 Å². The number of alkyl halides is 6. The highest BCUT2D eigenvalue weighted by Crippen LogP contribution is 2.37. The van der Waals surface area contributed by atoms with Gasteiger partial charge in [-0.05, 0) is 18.2 Å². The van der Waals surface area contributed by atoms with Crippen LogP contribution in [0.5, 0.6) is 0 Å². The SMILES string of the molecule is O=S(=O)(Nc1cc(C(F)(F)F)ccc1N1CCOCC1)C(F)(F)F. The minimum atomic E-state index is -5.85. The van der Waals surface area contributed by atoms with Crippen LogP contribution >= 0.6 is 0 Å². The Bertz CT molecular complexity index is 696. The molecule has 1 fully saturated rings. The lowest BCUT2D eigenvalue weighted by Crippen LogP contribution is -2.37. The number of benzene rings is 1. The Morgan fingerprint density at radius 2 is 1.62 bits per heavy atom. The molecule has 0 amide bonds. The average molecular weight is 378 g/mol. The van der Waals surface area contributed by atoms with Crippen LogP contribution in [0.25, 0.3) is 0 Å². The maximum atomic E-state index is 12.8. The number of sulfonamides is 1. The van der Waals surface area contributed by atoms with Gasteiger partial charge in [0.25, 0.3) is 0 Å². The topological polar surface area (TPSA) is 58.6 Å². The van der Waals surface area contributed by atoms with Crippen molar-refractivity contribution in [3.8, 4) is 0 Å². The van der Waals surface area contributed by atoms with Gasteiger partial charge in [-0.3, -0.25) is 4.72 Å². The zero-order chi connectivity index (χ0) is 18.2. The second-order valence-corrected chi connectivity index (χ2v) is 6.55. The molecular weight excluding hydrogens is 366 g/mol. The number of nitrogens with zero attached hydrogens (tertiary/aromatic N) is 1. The number of ether oxygens (including phenoxy) is 1. The predicted octanol–water partition coefficient (Wildman–Crippen LogP) is 2.80. The van der Waals surface area contributed by atoms with Crippen molar-refractivity contribution in [2.45, 2.75) is 11.7 Å². The van der Waals surface area contributed by atoms with Gasteiger partial charge >= 0.3 is 21.7 Å². The van der Waals surface area contributed by atoms with Crippen LogP contribution in [0.15, 0.2) is 18.2 Å². The molecule has 0 spiro atoms. The van der Waals surface area contributed by atoms with Crippen LogP contribution in [-0.4, -0.2) is 40.2 Å². The highest BCUT2D eigenvalue weighted by atomic mass is 32.2. The minimum absolute atomic E-state index is 0.0841. The van der Waals surface area contributed by atoms with Gasteiger partial charge in [0.15, 0.2) is 0 Å². The number of morpholine rings is 1. The summed E-state index contributed by atoms with van der Waals surface area (Å²) in [4.78, 5) is 1.44. The van der Waals surface area contributed by atoms with Crippen molar-refractivity contribution in [3.63, 3.8) is 0 Å². The van der Waals surface area contributed by atoms with E-state index in [1.165, 1.54) is 9.62 Å². The number of anilines is 2. The van der Waals surface area contributed by atoms with Gasteiger partial charge in [-0.25, -0.2) is 0 Å². The summed E-state index contributed by atoms with van der Waals surface area (Å²) in [7, 11) is -5.85. The van der Waals surface area contributed by atoms with Crippen molar-refractivity contribution in [2.75, 3.05) is 35.9 Å². The molecule has 1 aromatic carbocycles. The Kier molecular flexibility index (Phi) is 4.91. The van der Waals surface area contributed by atoms with E-state index in [1.54, 1.807) is 0 Å². The molecule has 0 atom stereocenters. The van der Waals surface area contributed by atoms with Gasteiger partial charge in [0.1, 0.15) is 0 Å². The van der Waals surface area contributed by atoms with Crippen LogP contribution in [0.2, 0.25) is 0 Å². The number of halogens is 6. The number of nitrogens with one attached hydrogen (secondary N) is 1. The summed E-state index contributed by atoms with van der Waals surface area (Å²) in [5, 5.41) is 0. The first-order valence-corrected chi connectivity index (χ1v) is 8.03. The Hall–Kier alpha value is -1.69. The zero-order valence-electron chi connectivity index (χ0n) is 11.9. The first kappa shape index (κ1) is 18.6. The molecule has 0 bridgehead atoms. The van der Waals surface area contributed by atoms with Crippen molar-refractivity contribution in [1.29, 1.82) is 0 Å². The summed E-state index contributed by atoms with van der Waals surface area (Å²) in [6, 6.07) is 1.95. The molecule has 1 saturated heterocycles. The maximum absolute atomic E-state index is 12.8. The molecule has 1 N–H and O–H groups in total. The van der Waals surface area contributed by atoms with Gasteiger partial charge in [-0.2, -0.15) is 34.8 Å². The van der Waals surface area contributed by atoms with Crippen LogP contribution in [0.4, 0.5) is 37.7 Å². The Morgan fingerprint density at radius 1 is 1.04 bits per heavy atom. The standard InChI is InChI=1S/C12H12F6N2O3S/c13-11(14,15)8-1-2-10(20-3-5-23-6-4-20)9(7-8)19-24(21,22)12(16,17)18/h1-2,7,19H,3-6H2. The molecule has 0 aliphatic carbocycles. The second kappa shape index (κ2) is 6.31. The summed E-state index contributed by atoms with van der Waals surface area (Å²) in [6.45, 7) is 0.831. The maximum Gasteiger partial charge on any atom is 0.516 e. The smallest absolute Gasteiger partial charge is 0.378 e. The van der Waals surface area contributed by atoms with Crippen molar-refractivity contribution in [1.82, 2.24) is 0 Å². The van der Waals surface area contributed by atoms with E-state index in [1.807, 2.05) is 0 Å². The van der Waals surface area contributed by atoms with E-state index in [-0.39, 0.29) is 32.0 Å². The fourth-order valence-corrected chi connectivity index (χ4v) is 2.65. The zero-order valence-corrected chi connectivity index (χ0v) is 12.7. The van der Waals surface area contributed by atoms with E-state index in [0.29, 0.717) is 12.1 Å². The number of hydrogen-bond acceptors (Lipinski definition) is 4. The van der Waals surface area contributed by atoms with E-state index in [2.05, 4.69) is 0 Å². The molecule has 5 nitrogen and oxygen atoms in total. The summed E-state index contributed by atoms with van der Waals surface area (Å²) < 4.78 is 105. The Morgan fingerprint density at radius 3 is 2.12 bits per heavy atom. The fourth-order valence-electron chi connectivity index (χ4n) is 2.08. The van der Waals surface area contributed by atoms with Gasteiger partial charge in [-0.15, -0.1) is 0 Å². The van der Waals surface area contributed by atoms with Gasteiger partial charge in [0.2, 0.25) is 0 Å². The van der Waals surface area contributed by atoms with Gasteiger partial charge in [0, 0.05) is 13.1 Å². The van der Waals surface area contributed by atoms with E-state index >= 15 is 0 Å². The molecule has 0 unspecified atom stereocenters. The molecule has 0 radical (unpaired) electrons. The summed E-state index contributed by atoms with van der Waals surface area (Å²) in [5.41, 5.74) is -7.79. The van der Waals surface area contributed by atoms with Gasteiger partial charge in [-0.1, -0.05) is 0 Å². The second-order valence-electron chi connectivity index (χ2n) is 4.88. The average Bonchev–Trinajstić information content (AvgIpc) is 2.45. The molecule has 1 aliphatic rings. The van der Waals surface area contributed by atoms with Crippen molar-refractivity contribution in [3.05, 3.63) is 23.8 Å². The van der Waals surface area contributed by atoms with Crippen molar-refractivity contribution < 1.29 is 39.5 Å². The van der Waals surface area contributed by atoms with Crippen molar-refractivity contribution >= 4 is 21.4 Å². The third kappa shape index (κ3) is 4.04. The molecule has 2 rings (SSSR count). The van der Waals surface area contributed by atoms with Crippen LogP contribution < -0.4 is 9.62 Å². The largest absolute Gasteiger partial charge is 0.516 e. The van der Waals surface area contributed by atoms with Crippen LogP contribution in [-0.2, 0) is 20.9 Å². The minimum Gasteiger partial charge on any atom is -0.378 e. The lowest BCUT2D eigenvalue weighted by atomic mass is 10.1.